The maximum absolute atomic E-state index is 3.27. The van der Waals surface area contributed by atoms with Gasteiger partial charge in [0.2, 0.25) is 0 Å². The molecule has 4 saturated carbocycles. The van der Waals surface area contributed by atoms with Crippen LogP contribution >= 0.6 is 11.3 Å². The van der Waals surface area contributed by atoms with E-state index < -0.39 is 0 Å². The van der Waals surface area contributed by atoms with Crippen molar-refractivity contribution in [3.8, 4) is 0 Å². The number of thiophene rings is 1. The average Bonchev–Trinajstić information content (AvgIpc) is 2.76. The van der Waals surface area contributed by atoms with E-state index in [0.29, 0.717) is 0 Å². The van der Waals surface area contributed by atoms with Crippen LogP contribution in [0.4, 0.5) is 0 Å². The Kier molecular flexibility index (Phi) is 2.77. The van der Waals surface area contributed by atoms with E-state index >= 15 is 0 Å². The van der Waals surface area contributed by atoms with Gasteiger partial charge in [-0.05, 0) is 85.8 Å². The highest BCUT2D eigenvalue weighted by molar-refractivity contribution is 7.10. The topological polar surface area (TPSA) is 12.0 Å². The molecule has 4 fully saturated rings. The summed E-state index contributed by atoms with van der Waals surface area (Å²) in [6.45, 7) is 1.03. The lowest BCUT2D eigenvalue weighted by molar-refractivity contribution is -0.00161. The Hall–Kier alpha value is -0.340. The maximum Gasteiger partial charge on any atom is 0.0210 e. The second-order valence-corrected chi connectivity index (χ2v) is 7.79. The van der Waals surface area contributed by atoms with E-state index in [1.807, 2.05) is 18.4 Å². The third kappa shape index (κ3) is 1.77. The first-order valence-electron chi connectivity index (χ1n) is 7.55. The molecular formula is C16H23NS. The molecule has 1 N–H and O–H groups in total. The zero-order valence-electron chi connectivity index (χ0n) is 11.2. The number of hydrogen-bond acceptors (Lipinski definition) is 2. The van der Waals surface area contributed by atoms with E-state index in [0.717, 1.165) is 36.1 Å². The predicted molar refractivity (Wildman–Crippen MR) is 76.9 cm³/mol. The predicted octanol–water partition coefficient (Wildman–Crippen LogP) is 4.01. The summed E-state index contributed by atoms with van der Waals surface area (Å²) in [4.78, 5) is 1.70. The third-order valence-electron chi connectivity index (χ3n) is 5.61. The molecule has 4 aliphatic carbocycles. The number of nitrogens with one attached hydrogen (secondary N) is 1. The van der Waals surface area contributed by atoms with E-state index in [-0.39, 0.29) is 0 Å². The van der Waals surface area contributed by atoms with Gasteiger partial charge in [-0.3, -0.25) is 0 Å². The molecule has 4 bridgehead atoms. The summed E-state index contributed by atoms with van der Waals surface area (Å²) in [5.74, 6) is 5.18. The van der Waals surface area contributed by atoms with E-state index in [1.54, 1.807) is 11.3 Å². The molecule has 0 unspecified atom stereocenters. The highest BCUT2D eigenvalue weighted by Crippen LogP contribution is 2.60. The van der Waals surface area contributed by atoms with Crippen LogP contribution in [-0.4, -0.2) is 7.05 Å². The van der Waals surface area contributed by atoms with Gasteiger partial charge in [-0.15, -0.1) is 11.3 Å². The normalized spacial score (nSPS) is 41.5. The SMILES string of the molecule is CNCc1csc(C2C3CC4CC(C3)CC2C4)c1. The van der Waals surface area contributed by atoms with Crippen molar-refractivity contribution in [2.75, 3.05) is 7.05 Å². The second kappa shape index (κ2) is 4.35. The van der Waals surface area contributed by atoms with Gasteiger partial charge < -0.3 is 5.32 Å². The van der Waals surface area contributed by atoms with Crippen LogP contribution in [0.1, 0.15) is 48.5 Å². The molecule has 4 aliphatic rings. The molecule has 1 aromatic heterocycles. The van der Waals surface area contributed by atoms with Crippen molar-refractivity contribution in [3.63, 3.8) is 0 Å². The van der Waals surface area contributed by atoms with E-state index in [2.05, 4.69) is 16.8 Å². The summed E-state index contributed by atoms with van der Waals surface area (Å²) in [5.41, 5.74) is 1.49. The molecule has 0 aromatic carbocycles. The second-order valence-electron chi connectivity index (χ2n) is 6.84. The van der Waals surface area contributed by atoms with Crippen molar-refractivity contribution in [1.29, 1.82) is 0 Å². The molecule has 0 spiro atoms. The van der Waals surface area contributed by atoms with Crippen molar-refractivity contribution in [2.24, 2.45) is 23.7 Å². The van der Waals surface area contributed by atoms with Crippen LogP contribution in [0.25, 0.3) is 0 Å². The largest absolute Gasteiger partial charge is 0.316 e. The Morgan fingerprint density at radius 1 is 1.11 bits per heavy atom. The fraction of sp³-hybridized carbons (Fsp3) is 0.750. The Bertz CT molecular complexity index is 408. The van der Waals surface area contributed by atoms with Crippen LogP contribution in [0.5, 0.6) is 0 Å². The van der Waals surface area contributed by atoms with Crippen molar-refractivity contribution >= 4 is 11.3 Å². The first-order chi connectivity index (χ1) is 8.83. The third-order valence-corrected chi connectivity index (χ3v) is 6.69. The standard InChI is InChI=1S/C16H23NS/c1-17-8-12-7-15(18-9-12)16-13-3-10-2-11(5-13)6-14(16)4-10/h7,9-11,13-14,16-17H,2-6,8H2,1H3. The van der Waals surface area contributed by atoms with Crippen LogP contribution in [0.15, 0.2) is 11.4 Å². The fourth-order valence-corrected chi connectivity index (χ4v) is 6.46. The number of rotatable bonds is 3. The molecule has 0 aliphatic heterocycles. The zero-order valence-corrected chi connectivity index (χ0v) is 12.0. The molecule has 18 heavy (non-hydrogen) atoms. The maximum atomic E-state index is 3.27. The van der Waals surface area contributed by atoms with Gasteiger partial charge in [0.15, 0.2) is 0 Å². The highest BCUT2D eigenvalue weighted by Gasteiger charge is 2.48. The molecule has 0 atom stereocenters. The molecule has 0 radical (unpaired) electrons. The van der Waals surface area contributed by atoms with Gasteiger partial charge in [0, 0.05) is 11.4 Å². The van der Waals surface area contributed by atoms with E-state index in [1.165, 1.54) is 31.2 Å². The summed E-state index contributed by atoms with van der Waals surface area (Å²) in [6, 6.07) is 2.49. The van der Waals surface area contributed by atoms with Gasteiger partial charge in [-0.2, -0.15) is 0 Å². The molecule has 1 aromatic rings. The minimum Gasteiger partial charge on any atom is -0.316 e. The van der Waals surface area contributed by atoms with Gasteiger partial charge >= 0.3 is 0 Å². The lowest BCUT2D eigenvalue weighted by atomic mass is 9.51. The fourth-order valence-electron chi connectivity index (χ4n) is 5.26. The van der Waals surface area contributed by atoms with Crippen molar-refractivity contribution < 1.29 is 0 Å². The van der Waals surface area contributed by atoms with Gasteiger partial charge in [-0.25, -0.2) is 0 Å². The summed E-state index contributed by atoms with van der Waals surface area (Å²) in [5, 5.41) is 5.64. The smallest absolute Gasteiger partial charge is 0.0210 e. The molecule has 0 amide bonds. The first-order valence-corrected chi connectivity index (χ1v) is 8.43. The Balaban J connectivity index is 1.60. The molecule has 0 saturated heterocycles. The van der Waals surface area contributed by atoms with Crippen LogP contribution in [0.2, 0.25) is 0 Å². The van der Waals surface area contributed by atoms with Crippen LogP contribution in [0.3, 0.4) is 0 Å². The minimum absolute atomic E-state index is 0.924. The monoisotopic (exact) mass is 261 g/mol. The van der Waals surface area contributed by atoms with Crippen molar-refractivity contribution in [1.82, 2.24) is 5.32 Å². The Morgan fingerprint density at radius 3 is 2.39 bits per heavy atom. The molecule has 1 nitrogen and oxygen atoms in total. The number of hydrogen-bond donors (Lipinski definition) is 1. The first kappa shape index (κ1) is 11.5. The van der Waals surface area contributed by atoms with E-state index in [4.69, 9.17) is 0 Å². The summed E-state index contributed by atoms with van der Waals surface area (Å²) >= 11 is 2.03. The average molecular weight is 261 g/mol. The van der Waals surface area contributed by atoms with Crippen molar-refractivity contribution in [2.45, 2.75) is 44.6 Å². The molecule has 1 heterocycles. The molecular weight excluding hydrogens is 238 g/mol. The lowest BCUT2D eigenvalue weighted by Gasteiger charge is -2.54. The molecule has 98 valence electrons. The van der Waals surface area contributed by atoms with Crippen LogP contribution < -0.4 is 5.32 Å². The van der Waals surface area contributed by atoms with Gasteiger partial charge in [0.1, 0.15) is 0 Å². The summed E-state index contributed by atoms with van der Waals surface area (Å²) in [6.07, 6.45) is 7.72. The Labute approximate surface area is 114 Å². The van der Waals surface area contributed by atoms with Gasteiger partial charge in [0.05, 0.1) is 0 Å². The molecule has 2 heteroatoms. The van der Waals surface area contributed by atoms with E-state index in [9.17, 15) is 0 Å². The van der Waals surface area contributed by atoms with Crippen molar-refractivity contribution in [3.05, 3.63) is 21.9 Å². The minimum atomic E-state index is 0.924. The Morgan fingerprint density at radius 2 is 1.78 bits per heavy atom. The summed E-state index contributed by atoms with van der Waals surface area (Å²) in [7, 11) is 2.04. The van der Waals surface area contributed by atoms with Crippen LogP contribution in [0, 0.1) is 23.7 Å². The zero-order chi connectivity index (χ0) is 12.1. The van der Waals surface area contributed by atoms with Crippen LogP contribution in [-0.2, 0) is 6.54 Å². The highest BCUT2D eigenvalue weighted by atomic mass is 32.1. The molecule has 5 rings (SSSR count). The quantitative estimate of drug-likeness (QED) is 0.867. The van der Waals surface area contributed by atoms with Gasteiger partial charge in [0.25, 0.3) is 0 Å². The van der Waals surface area contributed by atoms with Gasteiger partial charge in [-0.1, -0.05) is 0 Å². The summed E-state index contributed by atoms with van der Waals surface area (Å²) < 4.78 is 0. The lowest BCUT2D eigenvalue weighted by Crippen LogP contribution is -2.43.